The third-order valence-corrected chi connectivity index (χ3v) is 5.50. The number of aryl methyl sites for hydroxylation is 1. The third kappa shape index (κ3) is 4.05. The second kappa shape index (κ2) is 8.66. The van der Waals surface area contributed by atoms with Crippen molar-refractivity contribution in [3.63, 3.8) is 0 Å². The zero-order chi connectivity index (χ0) is 22.0. The standard InChI is InChI=1S/C25H21ClN2O3/c1-16-12-13-21(31-2)20(14-16)27-23-22(17-8-4-3-5-9-17)24(29)28(25(23)30)15-18-10-6-7-11-19(18)26/h3-14,27H,15H2,1-2H3. The summed E-state index contributed by atoms with van der Waals surface area (Å²) in [4.78, 5) is 28.0. The van der Waals surface area contributed by atoms with E-state index in [0.717, 1.165) is 5.56 Å². The summed E-state index contributed by atoms with van der Waals surface area (Å²) in [6, 6.07) is 22.0. The van der Waals surface area contributed by atoms with Crippen LogP contribution in [0.4, 0.5) is 5.69 Å². The Kier molecular flexibility index (Phi) is 5.78. The van der Waals surface area contributed by atoms with E-state index in [1.807, 2.05) is 67.6 Å². The van der Waals surface area contributed by atoms with E-state index in [9.17, 15) is 9.59 Å². The van der Waals surface area contributed by atoms with Gasteiger partial charge in [0.1, 0.15) is 11.4 Å². The second-order valence-electron chi connectivity index (χ2n) is 7.23. The highest BCUT2D eigenvalue weighted by molar-refractivity contribution is 6.36. The highest BCUT2D eigenvalue weighted by Crippen LogP contribution is 2.34. The first-order valence-corrected chi connectivity index (χ1v) is 10.2. The summed E-state index contributed by atoms with van der Waals surface area (Å²) in [6.45, 7) is 2.03. The topological polar surface area (TPSA) is 58.6 Å². The van der Waals surface area contributed by atoms with Gasteiger partial charge in [0.05, 0.1) is 24.9 Å². The van der Waals surface area contributed by atoms with E-state index >= 15 is 0 Å². The molecule has 0 unspecified atom stereocenters. The number of carbonyl (C=O) groups excluding carboxylic acids is 2. The Hall–Kier alpha value is -3.57. The molecule has 5 nitrogen and oxygen atoms in total. The second-order valence-corrected chi connectivity index (χ2v) is 7.64. The minimum atomic E-state index is -0.410. The number of benzene rings is 3. The van der Waals surface area contributed by atoms with Crippen molar-refractivity contribution in [1.29, 1.82) is 0 Å². The van der Waals surface area contributed by atoms with Crippen LogP contribution in [0.25, 0.3) is 5.57 Å². The first-order valence-electron chi connectivity index (χ1n) is 9.80. The normalized spacial score (nSPS) is 13.7. The first-order chi connectivity index (χ1) is 15.0. The predicted octanol–water partition coefficient (Wildman–Crippen LogP) is 5.05. The molecule has 3 aromatic carbocycles. The van der Waals surface area contributed by atoms with Gasteiger partial charge in [0, 0.05) is 5.02 Å². The van der Waals surface area contributed by atoms with E-state index in [1.54, 1.807) is 19.2 Å². The van der Waals surface area contributed by atoms with E-state index in [1.165, 1.54) is 4.90 Å². The van der Waals surface area contributed by atoms with Crippen LogP contribution in [0.5, 0.6) is 5.75 Å². The van der Waals surface area contributed by atoms with Crippen LogP contribution >= 0.6 is 11.6 Å². The van der Waals surface area contributed by atoms with Crippen molar-refractivity contribution in [2.45, 2.75) is 13.5 Å². The monoisotopic (exact) mass is 432 g/mol. The summed E-state index contributed by atoms with van der Waals surface area (Å²) in [6.07, 6.45) is 0. The highest BCUT2D eigenvalue weighted by Gasteiger charge is 2.39. The molecule has 1 heterocycles. The quantitative estimate of drug-likeness (QED) is 0.554. The lowest BCUT2D eigenvalue weighted by Gasteiger charge is -2.17. The Bertz CT molecular complexity index is 1190. The number of anilines is 1. The van der Waals surface area contributed by atoms with Crippen molar-refractivity contribution >= 4 is 34.7 Å². The van der Waals surface area contributed by atoms with Crippen LogP contribution in [-0.4, -0.2) is 23.8 Å². The van der Waals surface area contributed by atoms with Gasteiger partial charge in [0.2, 0.25) is 0 Å². The minimum Gasteiger partial charge on any atom is -0.495 e. The van der Waals surface area contributed by atoms with Crippen molar-refractivity contribution in [2.75, 3.05) is 12.4 Å². The van der Waals surface area contributed by atoms with Crippen LogP contribution in [-0.2, 0) is 16.1 Å². The van der Waals surface area contributed by atoms with E-state index < -0.39 is 5.91 Å². The zero-order valence-corrected chi connectivity index (χ0v) is 17.9. The maximum Gasteiger partial charge on any atom is 0.278 e. The Morgan fingerprint density at radius 2 is 1.65 bits per heavy atom. The molecule has 31 heavy (non-hydrogen) atoms. The molecule has 0 radical (unpaired) electrons. The van der Waals surface area contributed by atoms with Gasteiger partial charge in [-0.3, -0.25) is 14.5 Å². The van der Waals surface area contributed by atoms with Crippen molar-refractivity contribution < 1.29 is 14.3 Å². The number of hydrogen-bond donors (Lipinski definition) is 1. The van der Waals surface area contributed by atoms with Crippen molar-refractivity contribution in [2.24, 2.45) is 0 Å². The van der Waals surface area contributed by atoms with Gasteiger partial charge in [-0.25, -0.2) is 0 Å². The Balaban J connectivity index is 1.78. The first kappa shape index (κ1) is 20.7. The molecule has 6 heteroatoms. The van der Waals surface area contributed by atoms with Gasteiger partial charge in [-0.15, -0.1) is 0 Å². The van der Waals surface area contributed by atoms with E-state index in [2.05, 4.69) is 5.32 Å². The summed E-state index contributed by atoms with van der Waals surface area (Å²) >= 11 is 6.28. The fourth-order valence-electron chi connectivity index (χ4n) is 3.56. The lowest BCUT2D eigenvalue weighted by atomic mass is 10.0. The minimum absolute atomic E-state index is 0.0871. The molecule has 1 aliphatic heterocycles. The largest absolute Gasteiger partial charge is 0.495 e. The fourth-order valence-corrected chi connectivity index (χ4v) is 3.75. The fraction of sp³-hybridized carbons (Fsp3) is 0.120. The number of nitrogens with one attached hydrogen (secondary N) is 1. The SMILES string of the molecule is COc1ccc(C)cc1NC1=C(c2ccccc2)C(=O)N(Cc2ccccc2Cl)C1=O. The van der Waals surface area contributed by atoms with Gasteiger partial charge in [0.15, 0.2) is 0 Å². The number of rotatable bonds is 6. The molecule has 0 spiro atoms. The van der Waals surface area contributed by atoms with Crippen LogP contribution in [0.3, 0.4) is 0 Å². The maximum absolute atomic E-state index is 13.4. The number of methoxy groups -OCH3 is 1. The molecule has 0 aliphatic carbocycles. The number of amides is 2. The molecule has 0 aromatic heterocycles. The number of nitrogens with zero attached hydrogens (tertiary/aromatic N) is 1. The molecule has 2 amide bonds. The van der Waals surface area contributed by atoms with Crippen molar-refractivity contribution in [3.8, 4) is 5.75 Å². The van der Waals surface area contributed by atoms with Crippen LogP contribution in [0, 0.1) is 6.92 Å². The lowest BCUT2D eigenvalue weighted by Crippen LogP contribution is -2.32. The van der Waals surface area contributed by atoms with Gasteiger partial charge in [0.25, 0.3) is 11.8 Å². The molecule has 0 atom stereocenters. The third-order valence-electron chi connectivity index (χ3n) is 5.13. The average Bonchev–Trinajstić information content (AvgIpc) is 3.00. The Labute approximate surface area is 185 Å². The summed E-state index contributed by atoms with van der Waals surface area (Å²) in [7, 11) is 1.56. The molecule has 1 aliphatic rings. The zero-order valence-electron chi connectivity index (χ0n) is 17.2. The molecule has 1 N–H and O–H groups in total. The molecule has 0 bridgehead atoms. The van der Waals surface area contributed by atoms with Gasteiger partial charge < -0.3 is 10.1 Å². The van der Waals surface area contributed by atoms with Crippen LogP contribution < -0.4 is 10.1 Å². The lowest BCUT2D eigenvalue weighted by molar-refractivity contribution is -0.137. The summed E-state index contributed by atoms with van der Waals surface area (Å²) < 4.78 is 5.44. The number of imide groups is 1. The predicted molar refractivity (Wildman–Crippen MR) is 122 cm³/mol. The smallest absolute Gasteiger partial charge is 0.278 e. The van der Waals surface area contributed by atoms with Crippen molar-refractivity contribution in [1.82, 2.24) is 4.90 Å². The molecular weight excluding hydrogens is 412 g/mol. The summed E-state index contributed by atoms with van der Waals surface area (Å²) in [5.41, 5.74) is 3.51. The molecule has 156 valence electrons. The molecule has 4 rings (SSSR count). The van der Waals surface area contributed by atoms with Crippen LogP contribution in [0.15, 0.2) is 78.5 Å². The van der Waals surface area contributed by atoms with Crippen LogP contribution in [0.2, 0.25) is 5.02 Å². The average molecular weight is 433 g/mol. The van der Waals surface area contributed by atoms with Gasteiger partial charge >= 0.3 is 0 Å². The van der Waals surface area contributed by atoms with E-state index in [4.69, 9.17) is 16.3 Å². The van der Waals surface area contributed by atoms with Crippen LogP contribution in [0.1, 0.15) is 16.7 Å². The Morgan fingerprint density at radius 3 is 2.35 bits per heavy atom. The summed E-state index contributed by atoms with van der Waals surface area (Å²) in [5, 5.41) is 3.68. The van der Waals surface area contributed by atoms with E-state index in [-0.39, 0.29) is 18.1 Å². The molecule has 0 saturated heterocycles. The van der Waals surface area contributed by atoms with E-state index in [0.29, 0.717) is 33.2 Å². The van der Waals surface area contributed by atoms with Gasteiger partial charge in [-0.2, -0.15) is 0 Å². The summed E-state index contributed by atoms with van der Waals surface area (Å²) in [5.74, 6) is -0.201. The molecule has 0 fully saturated rings. The maximum atomic E-state index is 13.4. The van der Waals surface area contributed by atoms with Gasteiger partial charge in [-0.1, -0.05) is 66.2 Å². The molecule has 3 aromatic rings. The number of carbonyl (C=O) groups is 2. The Morgan fingerprint density at radius 1 is 0.935 bits per heavy atom. The number of halogens is 1. The number of hydrogen-bond acceptors (Lipinski definition) is 4. The number of ether oxygens (including phenoxy) is 1. The van der Waals surface area contributed by atoms with Crippen molar-refractivity contribution in [3.05, 3.63) is 100 Å². The van der Waals surface area contributed by atoms with Gasteiger partial charge in [-0.05, 0) is 41.8 Å². The molecule has 0 saturated carbocycles. The highest BCUT2D eigenvalue weighted by atomic mass is 35.5. The molecular formula is C25H21ClN2O3.